The number of hydrogen-bond donors (Lipinski definition) is 3. The van der Waals surface area contributed by atoms with Gasteiger partial charge in [0.2, 0.25) is 5.91 Å². The quantitative estimate of drug-likeness (QED) is 0.0564. The molecule has 0 saturated carbocycles. The number of aliphatic hydroxyl groups is 1. The van der Waals surface area contributed by atoms with Crippen molar-refractivity contribution in [2.24, 2.45) is 5.92 Å². The van der Waals surface area contributed by atoms with Crippen molar-refractivity contribution in [3.8, 4) is 5.75 Å². The highest BCUT2D eigenvalue weighted by atomic mass is 19.1. The maximum Gasteiger partial charge on any atom is 0.336 e. The van der Waals surface area contributed by atoms with Crippen LogP contribution in [0.15, 0.2) is 36.4 Å². The summed E-state index contributed by atoms with van der Waals surface area (Å²) in [6.07, 6.45) is 13.7. The van der Waals surface area contributed by atoms with Crippen LogP contribution < -0.4 is 10.1 Å². The number of hydrogen-bond acceptors (Lipinski definition) is 8. The molecule has 0 fully saturated rings. The molecule has 1 aromatic rings. The number of rotatable bonds is 28. The second-order valence-electron chi connectivity index (χ2n) is 11.9. The molecule has 0 aromatic heterocycles. The van der Waals surface area contributed by atoms with Crippen molar-refractivity contribution in [2.75, 3.05) is 34.1 Å². The number of allylic oxidation sites excluding steroid dienone is 1. The van der Waals surface area contributed by atoms with Gasteiger partial charge in [0.1, 0.15) is 17.6 Å². The van der Waals surface area contributed by atoms with Gasteiger partial charge < -0.3 is 29.7 Å². The van der Waals surface area contributed by atoms with Gasteiger partial charge in [-0.3, -0.25) is 14.0 Å². The van der Waals surface area contributed by atoms with E-state index < -0.39 is 42.1 Å². The fraction of sp³-hybridized carbons (Fsp3) is 0.667. The lowest BCUT2D eigenvalue weighted by Crippen LogP contribution is -2.55. The number of carbonyl (C=O) groups excluding carboxylic acids is 3. The zero-order valence-electron chi connectivity index (χ0n) is 28.5. The monoisotopic (exact) mass is 665 g/mol. The van der Waals surface area contributed by atoms with E-state index in [9.17, 15) is 33.8 Å². The lowest BCUT2D eigenvalue weighted by Gasteiger charge is -2.30. The molecule has 0 saturated heterocycles. The van der Waals surface area contributed by atoms with Gasteiger partial charge in [-0.05, 0) is 43.4 Å². The Balaban J connectivity index is 2.85. The Labute approximate surface area is 279 Å². The highest BCUT2D eigenvalue weighted by Crippen LogP contribution is 2.26. The summed E-state index contributed by atoms with van der Waals surface area (Å²) < 4.78 is 27.7. The fourth-order valence-corrected chi connectivity index (χ4v) is 5.14. The molecule has 3 atom stereocenters. The summed E-state index contributed by atoms with van der Waals surface area (Å²) >= 11 is 0. The van der Waals surface area contributed by atoms with E-state index in [-0.39, 0.29) is 32.5 Å². The van der Waals surface area contributed by atoms with Crippen molar-refractivity contribution in [2.45, 2.75) is 115 Å². The van der Waals surface area contributed by atoms with Crippen LogP contribution in [-0.4, -0.2) is 79.6 Å². The standard InChI is InChI=1S/C36H56FNO9/c1-4-5-6-9-12-16-29(39)17-13-10-7-8-11-14-18-31(36(44,35(42)43)23-26-45-2)33(40)38-32(34(41)46-3)27-28-19-21-30(22-20-28)47-25-15-24-37/h14,18-22,31-32,44H,4-13,15-17,23-27H2,1-3H3,(H,38,40)(H,42,43)/b18-14+/t31-,32+,36+/m1/s1. The van der Waals surface area contributed by atoms with Crippen molar-refractivity contribution < 1.29 is 48.0 Å². The average molecular weight is 666 g/mol. The molecular formula is C36H56FNO9. The molecule has 0 aliphatic heterocycles. The number of nitrogens with one attached hydrogen (secondary N) is 1. The number of Topliss-reactive ketones (excluding diaryl/α,β-unsaturated/α-hetero) is 1. The Hall–Kier alpha value is -3.31. The molecule has 47 heavy (non-hydrogen) atoms. The predicted molar refractivity (Wildman–Crippen MR) is 178 cm³/mol. The number of halogens is 1. The first kappa shape index (κ1) is 41.7. The number of ether oxygens (including phenoxy) is 3. The maximum absolute atomic E-state index is 13.6. The van der Waals surface area contributed by atoms with E-state index in [0.29, 0.717) is 36.4 Å². The smallest absolute Gasteiger partial charge is 0.336 e. The van der Waals surface area contributed by atoms with Crippen molar-refractivity contribution in [1.29, 1.82) is 0 Å². The topological polar surface area (TPSA) is 148 Å². The zero-order valence-corrected chi connectivity index (χ0v) is 28.5. The summed E-state index contributed by atoms with van der Waals surface area (Å²) in [7, 11) is 2.54. The third kappa shape index (κ3) is 16.9. The molecule has 266 valence electrons. The summed E-state index contributed by atoms with van der Waals surface area (Å²) in [5.74, 6) is -3.87. The van der Waals surface area contributed by atoms with Gasteiger partial charge in [-0.25, -0.2) is 9.59 Å². The predicted octanol–water partition coefficient (Wildman–Crippen LogP) is 5.92. The highest BCUT2D eigenvalue weighted by Gasteiger charge is 2.47. The molecule has 0 heterocycles. The molecule has 0 aliphatic carbocycles. The third-order valence-electron chi connectivity index (χ3n) is 8.03. The number of carbonyl (C=O) groups is 4. The van der Waals surface area contributed by atoms with Gasteiger partial charge in [-0.1, -0.05) is 69.7 Å². The van der Waals surface area contributed by atoms with Crippen molar-refractivity contribution in [3.63, 3.8) is 0 Å². The van der Waals surface area contributed by atoms with Crippen LogP contribution in [0, 0.1) is 5.92 Å². The van der Waals surface area contributed by atoms with Gasteiger partial charge in [-0.15, -0.1) is 0 Å². The van der Waals surface area contributed by atoms with Crippen LogP contribution in [0.3, 0.4) is 0 Å². The number of methoxy groups -OCH3 is 2. The van der Waals surface area contributed by atoms with Gasteiger partial charge in [0.25, 0.3) is 0 Å². The number of benzene rings is 1. The van der Waals surface area contributed by atoms with Crippen molar-refractivity contribution in [3.05, 3.63) is 42.0 Å². The van der Waals surface area contributed by atoms with E-state index in [1.807, 2.05) is 0 Å². The van der Waals surface area contributed by atoms with Crippen molar-refractivity contribution in [1.82, 2.24) is 5.32 Å². The van der Waals surface area contributed by atoms with Gasteiger partial charge in [0, 0.05) is 45.8 Å². The molecular weight excluding hydrogens is 609 g/mol. The lowest BCUT2D eigenvalue weighted by molar-refractivity contribution is -0.169. The van der Waals surface area contributed by atoms with E-state index in [1.165, 1.54) is 39.6 Å². The zero-order chi connectivity index (χ0) is 34.9. The summed E-state index contributed by atoms with van der Waals surface area (Å²) in [4.78, 5) is 50.6. The first-order valence-electron chi connectivity index (χ1n) is 16.9. The van der Waals surface area contributed by atoms with E-state index in [4.69, 9.17) is 14.2 Å². The molecule has 1 aromatic carbocycles. The summed E-state index contributed by atoms with van der Waals surface area (Å²) in [6, 6.07) is 5.55. The van der Waals surface area contributed by atoms with Gasteiger partial charge >= 0.3 is 11.9 Å². The Morgan fingerprint density at radius 2 is 1.55 bits per heavy atom. The van der Waals surface area contributed by atoms with Gasteiger partial charge in [-0.2, -0.15) is 0 Å². The molecule has 0 radical (unpaired) electrons. The van der Waals surface area contributed by atoms with Crippen LogP contribution in [0.25, 0.3) is 0 Å². The molecule has 0 bridgehead atoms. The number of aliphatic carboxylic acids is 1. The van der Waals surface area contributed by atoms with E-state index in [2.05, 4.69) is 12.2 Å². The Bertz CT molecular complexity index is 1080. The first-order valence-corrected chi connectivity index (χ1v) is 16.9. The molecule has 11 heteroatoms. The van der Waals surface area contributed by atoms with Crippen molar-refractivity contribution >= 4 is 23.6 Å². The van der Waals surface area contributed by atoms with Gasteiger partial charge in [0.15, 0.2) is 5.60 Å². The largest absolute Gasteiger partial charge is 0.494 e. The number of ketones is 1. The second-order valence-corrected chi connectivity index (χ2v) is 11.9. The summed E-state index contributed by atoms with van der Waals surface area (Å²) in [5.41, 5.74) is -1.83. The minimum atomic E-state index is -2.49. The Morgan fingerprint density at radius 1 is 0.915 bits per heavy atom. The van der Waals surface area contributed by atoms with Crippen LogP contribution in [0.2, 0.25) is 0 Å². The normalized spacial score (nSPS) is 13.9. The lowest BCUT2D eigenvalue weighted by atomic mass is 9.83. The molecule has 10 nitrogen and oxygen atoms in total. The SMILES string of the molecule is CCCCCCCC(=O)CCCCCC/C=C/[C@H](C(=O)N[C@@H](Cc1ccc(OCCCF)cc1)C(=O)OC)[C@@](O)(CCOC)C(=O)O. The minimum absolute atomic E-state index is 0.0323. The fourth-order valence-electron chi connectivity index (χ4n) is 5.14. The number of esters is 1. The minimum Gasteiger partial charge on any atom is -0.494 e. The average Bonchev–Trinajstić information content (AvgIpc) is 3.06. The second kappa shape index (κ2) is 24.8. The Kier molecular flexibility index (Phi) is 22.0. The van der Waals surface area contributed by atoms with Gasteiger partial charge in [0.05, 0.1) is 26.3 Å². The Morgan fingerprint density at radius 3 is 2.13 bits per heavy atom. The number of amides is 1. The van der Waals surface area contributed by atoms with E-state index in [0.717, 1.165) is 38.5 Å². The molecule has 1 rings (SSSR count). The molecule has 3 N–H and O–H groups in total. The third-order valence-corrected chi connectivity index (χ3v) is 8.03. The number of carboxylic acids is 1. The molecule has 0 unspecified atom stereocenters. The number of unbranched alkanes of at least 4 members (excludes halogenated alkanes) is 8. The van der Waals surface area contributed by atoms with Crippen LogP contribution in [0.5, 0.6) is 5.75 Å². The van der Waals surface area contributed by atoms with Crippen LogP contribution in [-0.2, 0) is 35.1 Å². The van der Waals surface area contributed by atoms with Crippen LogP contribution in [0.4, 0.5) is 4.39 Å². The maximum atomic E-state index is 13.6. The van der Waals surface area contributed by atoms with Crippen LogP contribution in [0.1, 0.15) is 102 Å². The molecule has 1 amide bonds. The van der Waals surface area contributed by atoms with E-state index in [1.54, 1.807) is 30.3 Å². The molecule has 0 spiro atoms. The number of alkyl halides is 1. The van der Waals surface area contributed by atoms with E-state index >= 15 is 0 Å². The molecule has 0 aliphatic rings. The van der Waals surface area contributed by atoms with Crippen LogP contribution >= 0.6 is 0 Å². The summed E-state index contributed by atoms with van der Waals surface area (Å²) in [5, 5.41) is 23.8. The highest BCUT2D eigenvalue weighted by molar-refractivity contribution is 5.92. The first-order chi connectivity index (χ1) is 22.6. The number of carboxylic acid groups (broad SMARTS) is 1. The summed E-state index contributed by atoms with van der Waals surface area (Å²) in [6.45, 7) is 1.79.